The van der Waals surface area contributed by atoms with E-state index < -0.39 is 0 Å². The summed E-state index contributed by atoms with van der Waals surface area (Å²) in [6, 6.07) is 13.5. The molecule has 102 valence electrons. The average molecular weight is 331 g/mol. The minimum Gasteiger partial charge on any atom is -0.322 e. The molecule has 0 aliphatic carbocycles. The first-order valence-electron chi connectivity index (χ1n) is 6.63. The first kappa shape index (κ1) is 13.3. The fourth-order valence-electron chi connectivity index (χ4n) is 2.48. The van der Waals surface area contributed by atoms with Crippen LogP contribution in [0.2, 0.25) is 0 Å². The molecule has 0 aromatic heterocycles. The van der Waals surface area contributed by atoms with Crippen LogP contribution in [0.3, 0.4) is 0 Å². The van der Waals surface area contributed by atoms with E-state index in [0.717, 1.165) is 29.7 Å². The summed E-state index contributed by atoms with van der Waals surface area (Å²) in [5.41, 5.74) is 4.08. The highest BCUT2D eigenvalue weighted by Crippen LogP contribution is 2.24. The number of nitrogens with one attached hydrogen (secondary N) is 2. The molecule has 0 spiro atoms. The van der Waals surface area contributed by atoms with E-state index in [1.807, 2.05) is 36.4 Å². The minimum absolute atomic E-state index is 0.0793. The van der Waals surface area contributed by atoms with Crippen molar-refractivity contribution in [2.75, 3.05) is 11.9 Å². The first-order valence-corrected chi connectivity index (χ1v) is 7.42. The van der Waals surface area contributed by atoms with Crippen LogP contribution in [-0.4, -0.2) is 12.5 Å². The van der Waals surface area contributed by atoms with E-state index in [1.165, 1.54) is 11.1 Å². The Bertz CT molecular complexity index is 655. The van der Waals surface area contributed by atoms with Gasteiger partial charge in [0.1, 0.15) is 0 Å². The third kappa shape index (κ3) is 2.62. The van der Waals surface area contributed by atoms with Crippen molar-refractivity contribution in [2.24, 2.45) is 0 Å². The molecule has 0 fully saturated rings. The van der Waals surface area contributed by atoms with Gasteiger partial charge in [0.15, 0.2) is 0 Å². The van der Waals surface area contributed by atoms with Gasteiger partial charge in [0.25, 0.3) is 5.91 Å². The van der Waals surface area contributed by atoms with Crippen molar-refractivity contribution >= 4 is 27.5 Å². The number of hydrogen-bond acceptors (Lipinski definition) is 2. The van der Waals surface area contributed by atoms with Crippen LogP contribution in [0, 0.1) is 0 Å². The van der Waals surface area contributed by atoms with Gasteiger partial charge in [-0.2, -0.15) is 0 Å². The SMILES string of the molecule is O=C(Nc1cccc2c1CCNC2)c1ccccc1Br. The number of fused-ring (bicyclic) bond motifs is 1. The Morgan fingerprint density at radius 2 is 2.00 bits per heavy atom. The lowest BCUT2D eigenvalue weighted by molar-refractivity contribution is 0.102. The lowest BCUT2D eigenvalue weighted by atomic mass is 9.99. The van der Waals surface area contributed by atoms with Gasteiger partial charge in [-0.15, -0.1) is 0 Å². The standard InChI is InChI=1S/C16H15BrN2O/c17-14-6-2-1-5-13(14)16(20)19-15-7-3-4-11-10-18-9-8-12(11)15/h1-7,18H,8-10H2,(H,19,20). The Kier molecular flexibility index (Phi) is 3.85. The fraction of sp³-hybridized carbons (Fsp3) is 0.188. The first-order chi connectivity index (χ1) is 9.75. The number of halogens is 1. The normalized spacial score (nSPS) is 13.7. The molecular weight excluding hydrogens is 316 g/mol. The van der Waals surface area contributed by atoms with Crippen molar-refractivity contribution < 1.29 is 4.79 Å². The van der Waals surface area contributed by atoms with Crippen LogP contribution in [0.4, 0.5) is 5.69 Å². The van der Waals surface area contributed by atoms with E-state index in [1.54, 1.807) is 0 Å². The molecule has 0 saturated heterocycles. The molecule has 1 heterocycles. The number of carbonyl (C=O) groups is 1. The zero-order valence-electron chi connectivity index (χ0n) is 10.9. The second-order valence-electron chi connectivity index (χ2n) is 4.80. The summed E-state index contributed by atoms with van der Waals surface area (Å²) in [5.74, 6) is -0.0793. The second kappa shape index (κ2) is 5.77. The molecule has 4 heteroatoms. The van der Waals surface area contributed by atoms with Crippen LogP contribution < -0.4 is 10.6 Å². The lowest BCUT2D eigenvalue weighted by Crippen LogP contribution is -2.25. The third-order valence-corrected chi connectivity index (χ3v) is 4.20. The van der Waals surface area contributed by atoms with E-state index in [9.17, 15) is 4.79 Å². The molecule has 1 aliphatic rings. The quantitative estimate of drug-likeness (QED) is 0.886. The monoisotopic (exact) mass is 330 g/mol. The molecule has 1 aliphatic heterocycles. The molecule has 20 heavy (non-hydrogen) atoms. The summed E-state index contributed by atoms with van der Waals surface area (Å²) in [6.07, 6.45) is 0.946. The van der Waals surface area contributed by atoms with Gasteiger partial charge in [0, 0.05) is 16.7 Å². The largest absolute Gasteiger partial charge is 0.322 e. The van der Waals surface area contributed by atoms with Crippen LogP contribution >= 0.6 is 15.9 Å². The fourth-order valence-corrected chi connectivity index (χ4v) is 2.95. The highest BCUT2D eigenvalue weighted by molar-refractivity contribution is 9.10. The van der Waals surface area contributed by atoms with Crippen LogP contribution in [0.5, 0.6) is 0 Å². The average Bonchev–Trinajstić information content (AvgIpc) is 2.48. The molecule has 0 bridgehead atoms. The Labute approximate surface area is 126 Å². The summed E-state index contributed by atoms with van der Waals surface area (Å²) < 4.78 is 0.809. The number of carbonyl (C=O) groups excluding carboxylic acids is 1. The van der Waals surface area contributed by atoms with Gasteiger partial charge < -0.3 is 10.6 Å². The minimum atomic E-state index is -0.0793. The molecule has 2 aromatic rings. The number of amides is 1. The zero-order valence-corrected chi connectivity index (χ0v) is 12.5. The molecule has 2 aromatic carbocycles. The van der Waals surface area contributed by atoms with Crippen molar-refractivity contribution in [3.05, 3.63) is 63.6 Å². The van der Waals surface area contributed by atoms with Gasteiger partial charge in [-0.1, -0.05) is 24.3 Å². The van der Waals surface area contributed by atoms with Gasteiger partial charge in [0.2, 0.25) is 0 Å². The van der Waals surface area contributed by atoms with Crippen LogP contribution in [0.15, 0.2) is 46.9 Å². The number of hydrogen-bond donors (Lipinski definition) is 2. The molecule has 3 rings (SSSR count). The predicted molar refractivity (Wildman–Crippen MR) is 83.9 cm³/mol. The molecule has 0 saturated carbocycles. The van der Waals surface area contributed by atoms with E-state index in [0.29, 0.717) is 5.56 Å². The van der Waals surface area contributed by atoms with Crippen molar-refractivity contribution in [2.45, 2.75) is 13.0 Å². The van der Waals surface area contributed by atoms with E-state index >= 15 is 0 Å². The Balaban J connectivity index is 1.89. The Morgan fingerprint density at radius 3 is 2.85 bits per heavy atom. The number of anilines is 1. The summed E-state index contributed by atoms with van der Waals surface area (Å²) >= 11 is 3.41. The van der Waals surface area contributed by atoms with E-state index in [2.05, 4.69) is 32.6 Å². The topological polar surface area (TPSA) is 41.1 Å². The Morgan fingerprint density at radius 1 is 1.15 bits per heavy atom. The maximum atomic E-state index is 12.4. The molecule has 2 N–H and O–H groups in total. The molecule has 1 amide bonds. The van der Waals surface area contributed by atoms with E-state index in [4.69, 9.17) is 0 Å². The summed E-state index contributed by atoms with van der Waals surface area (Å²) in [4.78, 5) is 12.4. The Hall–Kier alpha value is -1.65. The van der Waals surface area contributed by atoms with Crippen molar-refractivity contribution in [3.8, 4) is 0 Å². The van der Waals surface area contributed by atoms with Crippen molar-refractivity contribution in [3.63, 3.8) is 0 Å². The molecule has 0 radical (unpaired) electrons. The highest BCUT2D eigenvalue weighted by Gasteiger charge is 2.15. The lowest BCUT2D eigenvalue weighted by Gasteiger charge is -2.20. The molecule has 3 nitrogen and oxygen atoms in total. The number of benzene rings is 2. The maximum absolute atomic E-state index is 12.4. The molecular formula is C16H15BrN2O. The van der Waals surface area contributed by atoms with Gasteiger partial charge in [-0.05, 0) is 58.2 Å². The maximum Gasteiger partial charge on any atom is 0.256 e. The second-order valence-corrected chi connectivity index (χ2v) is 5.66. The summed E-state index contributed by atoms with van der Waals surface area (Å²) in [6.45, 7) is 1.82. The van der Waals surface area contributed by atoms with E-state index in [-0.39, 0.29) is 5.91 Å². The van der Waals surface area contributed by atoms with Gasteiger partial charge in [-0.3, -0.25) is 4.79 Å². The summed E-state index contributed by atoms with van der Waals surface area (Å²) in [7, 11) is 0. The van der Waals surface area contributed by atoms with Gasteiger partial charge in [-0.25, -0.2) is 0 Å². The predicted octanol–water partition coefficient (Wildman–Crippen LogP) is 3.35. The molecule has 0 unspecified atom stereocenters. The van der Waals surface area contributed by atoms with Gasteiger partial charge >= 0.3 is 0 Å². The third-order valence-electron chi connectivity index (χ3n) is 3.51. The highest BCUT2D eigenvalue weighted by atomic mass is 79.9. The molecule has 0 atom stereocenters. The van der Waals surface area contributed by atoms with Crippen LogP contribution in [0.25, 0.3) is 0 Å². The van der Waals surface area contributed by atoms with Crippen LogP contribution in [0.1, 0.15) is 21.5 Å². The van der Waals surface area contributed by atoms with Crippen molar-refractivity contribution in [1.82, 2.24) is 5.32 Å². The van der Waals surface area contributed by atoms with Crippen molar-refractivity contribution in [1.29, 1.82) is 0 Å². The van der Waals surface area contributed by atoms with Gasteiger partial charge in [0.05, 0.1) is 5.56 Å². The zero-order chi connectivity index (χ0) is 13.9. The summed E-state index contributed by atoms with van der Waals surface area (Å²) in [5, 5.41) is 6.37. The smallest absolute Gasteiger partial charge is 0.256 e. The number of rotatable bonds is 2. The van der Waals surface area contributed by atoms with Crippen LogP contribution in [-0.2, 0) is 13.0 Å².